The van der Waals surface area contributed by atoms with Gasteiger partial charge in [-0.15, -0.1) is 0 Å². The molecule has 0 unspecified atom stereocenters. The molecule has 3 nitrogen and oxygen atoms in total. The van der Waals surface area contributed by atoms with Crippen molar-refractivity contribution in [2.24, 2.45) is 0 Å². The lowest BCUT2D eigenvalue weighted by Gasteiger charge is -2.32. The Bertz CT molecular complexity index is 719. The molecule has 0 radical (unpaired) electrons. The molecule has 2 aromatic carbocycles. The van der Waals surface area contributed by atoms with Crippen LogP contribution >= 0.6 is 11.6 Å². The number of hydrogen-bond donors (Lipinski definition) is 1. The fraction of sp³-hybridized carbons (Fsp3) is 0.167. The van der Waals surface area contributed by atoms with Crippen molar-refractivity contribution in [2.45, 2.75) is 18.8 Å². The Hall–Kier alpha value is -1.94. The Morgan fingerprint density at radius 3 is 2.18 bits per heavy atom. The van der Waals surface area contributed by atoms with Crippen LogP contribution in [0.25, 0.3) is 11.1 Å². The van der Waals surface area contributed by atoms with E-state index in [1.54, 1.807) is 6.92 Å². The Labute approximate surface area is 133 Å². The SMILES string of the molecule is C[C@]1(c2ccc(-c3ccc(Cl)cc3)cc2)O[C@H](O)C=CC1=O. The number of carbonyl (C=O) groups is 1. The van der Waals surface area contributed by atoms with E-state index in [0.29, 0.717) is 10.6 Å². The second-order valence-corrected chi connectivity index (χ2v) is 5.79. The Kier molecular flexibility index (Phi) is 3.87. The first-order valence-corrected chi connectivity index (χ1v) is 7.32. The molecule has 0 aromatic heterocycles. The highest BCUT2D eigenvalue weighted by Crippen LogP contribution is 2.32. The first-order valence-electron chi connectivity index (χ1n) is 6.94. The largest absolute Gasteiger partial charge is 0.365 e. The van der Waals surface area contributed by atoms with Crippen molar-refractivity contribution >= 4 is 17.4 Å². The minimum absolute atomic E-state index is 0.183. The molecule has 1 aliphatic heterocycles. The second-order valence-electron chi connectivity index (χ2n) is 5.35. The van der Waals surface area contributed by atoms with Gasteiger partial charge in [-0.05, 0) is 47.9 Å². The first kappa shape index (κ1) is 15.0. The van der Waals surface area contributed by atoms with Crippen molar-refractivity contribution < 1.29 is 14.6 Å². The minimum Gasteiger partial charge on any atom is -0.365 e. The number of ketones is 1. The number of aliphatic hydroxyl groups is 1. The van der Waals surface area contributed by atoms with Gasteiger partial charge in [-0.25, -0.2) is 0 Å². The lowest BCUT2D eigenvalue weighted by molar-refractivity contribution is -0.177. The molecule has 0 saturated carbocycles. The molecule has 0 fully saturated rings. The Balaban J connectivity index is 1.93. The van der Waals surface area contributed by atoms with E-state index in [1.165, 1.54) is 12.2 Å². The normalized spacial score (nSPS) is 24.5. The molecule has 112 valence electrons. The maximum atomic E-state index is 12.1. The average molecular weight is 315 g/mol. The van der Waals surface area contributed by atoms with Crippen LogP contribution in [0.3, 0.4) is 0 Å². The van der Waals surface area contributed by atoms with Gasteiger partial charge in [0.15, 0.2) is 17.7 Å². The number of hydrogen-bond acceptors (Lipinski definition) is 3. The van der Waals surface area contributed by atoms with Crippen molar-refractivity contribution in [1.82, 2.24) is 0 Å². The summed E-state index contributed by atoms with van der Waals surface area (Å²) in [6, 6.07) is 15.1. The maximum Gasteiger partial charge on any atom is 0.191 e. The summed E-state index contributed by atoms with van der Waals surface area (Å²) < 4.78 is 5.44. The predicted octanol–water partition coefficient (Wildman–Crippen LogP) is 3.70. The molecule has 0 aliphatic carbocycles. The second kappa shape index (κ2) is 5.69. The van der Waals surface area contributed by atoms with E-state index in [1.807, 2.05) is 48.5 Å². The molecular formula is C18H15ClO3. The summed E-state index contributed by atoms with van der Waals surface area (Å²) in [5.41, 5.74) is 1.60. The standard InChI is InChI=1S/C18H15ClO3/c1-18(16(20)10-11-17(21)22-18)14-6-2-12(3-7-14)13-4-8-15(19)9-5-13/h2-11,17,21H,1H3/t17-,18+/m0/s1. The third kappa shape index (κ3) is 2.71. The quantitative estimate of drug-likeness (QED) is 0.919. The van der Waals surface area contributed by atoms with Gasteiger partial charge in [-0.2, -0.15) is 0 Å². The average Bonchev–Trinajstić information content (AvgIpc) is 2.52. The van der Waals surface area contributed by atoms with Crippen LogP contribution in [-0.2, 0) is 15.1 Å². The molecule has 0 amide bonds. The molecule has 0 spiro atoms. The third-order valence-electron chi connectivity index (χ3n) is 3.85. The van der Waals surface area contributed by atoms with Gasteiger partial charge in [0.1, 0.15) is 0 Å². The van der Waals surface area contributed by atoms with Crippen LogP contribution in [0.15, 0.2) is 60.7 Å². The van der Waals surface area contributed by atoms with Crippen LogP contribution < -0.4 is 0 Å². The Morgan fingerprint density at radius 1 is 1.05 bits per heavy atom. The zero-order valence-corrected chi connectivity index (χ0v) is 12.7. The molecule has 2 aromatic rings. The molecule has 1 heterocycles. The van der Waals surface area contributed by atoms with Gasteiger partial charge in [-0.1, -0.05) is 48.0 Å². The highest BCUT2D eigenvalue weighted by Gasteiger charge is 2.38. The summed E-state index contributed by atoms with van der Waals surface area (Å²) in [6.45, 7) is 1.67. The number of rotatable bonds is 2. The van der Waals surface area contributed by atoms with E-state index in [-0.39, 0.29) is 5.78 Å². The number of carbonyl (C=O) groups excluding carboxylic acids is 1. The number of ether oxygens (including phenoxy) is 1. The van der Waals surface area contributed by atoms with Crippen molar-refractivity contribution in [3.63, 3.8) is 0 Å². The molecular weight excluding hydrogens is 300 g/mol. The zero-order valence-electron chi connectivity index (χ0n) is 12.0. The fourth-order valence-electron chi connectivity index (χ4n) is 2.50. The molecule has 1 aliphatic rings. The number of aliphatic hydroxyl groups excluding tert-OH is 1. The van der Waals surface area contributed by atoms with Crippen molar-refractivity contribution in [3.8, 4) is 11.1 Å². The molecule has 0 saturated heterocycles. The smallest absolute Gasteiger partial charge is 0.191 e. The van der Waals surface area contributed by atoms with E-state index in [9.17, 15) is 9.90 Å². The fourth-order valence-corrected chi connectivity index (χ4v) is 2.63. The highest BCUT2D eigenvalue weighted by molar-refractivity contribution is 6.30. The van der Waals surface area contributed by atoms with E-state index < -0.39 is 11.9 Å². The number of halogens is 1. The molecule has 2 atom stereocenters. The predicted molar refractivity (Wildman–Crippen MR) is 85.5 cm³/mol. The van der Waals surface area contributed by atoms with E-state index >= 15 is 0 Å². The van der Waals surface area contributed by atoms with Gasteiger partial charge in [-0.3, -0.25) is 4.79 Å². The third-order valence-corrected chi connectivity index (χ3v) is 4.10. The van der Waals surface area contributed by atoms with Crippen molar-refractivity contribution in [3.05, 3.63) is 71.3 Å². The van der Waals surface area contributed by atoms with Crippen molar-refractivity contribution in [2.75, 3.05) is 0 Å². The minimum atomic E-state index is -1.16. The van der Waals surface area contributed by atoms with Gasteiger partial charge in [0, 0.05) is 5.02 Å². The van der Waals surface area contributed by atoms with Gasteiger partial charge < -0.3 is 9.84 Å². The molecule has 0 bridgehead atoms. The van der Waals surface area contributed by atoms with Gasteiger partial charge in [0.2, 0.25) is 0 Å². The van der Waals surface area contributed by atoms with Gasteiger partial charge >= 0.3 is 0 Å². The summed E-state index contributed by atoms with van der Waals surface area (Å²) in [6.07, 6.45) is 1.63. The monoisotopic (exact) mass is 314 g/mol. The van der Waals surface area contributed by atoms with Crippen LogP contribution in [0, 0.1) is 0 Å². The van der Waals surface area contributed by atoms with E-state index in [0.717, 1.165) is 11.1 Å². The summed E-state index contributed by atoms with van der Waals surface area (Å²) in [4.78, 5) is 12.1. The summed E-state index contributed by atoms with van der Waals surface area (Å²) in [7, 11) is 0. The van der Waals surface area contributed by atoms with Crippen LogP contribution in [0.1, 0.15) is 12.5 Å². The summed E-state index contributed by atoms with van der Waals surface area (Å²) in [5.74, 6) is -0.183. The van der Waals surface area contributed by atoms with Crippen LogP contribution in [0.2, 0.25) is 5.02 Å². The lowest BCUT2D eigenvalue weighted by Crippen LogP contribution is -2.40. The van der Waals surface area contributed by atoms with Crippen LogP contribution in [-0.4, -0.2) is 17.2 Å². The molecule has 4 heteroatoms. The lowest BCUT2D eigenvalue weighted by atomic mass is 9.88. The molecule has 3 rings (SSSR count). The first-order chi connectivity index (χ1) is 10.5. The summed E-state index contributed by atoms with van der Waals surface area (Å²) in [5, 5.41) is 10.3. The van der Waals surface area contributed by atoms with E-state index in [4.69, 9.17) is 16.3 Å². The summed E-state index contributed by atoms with van der Waals surface area (Å²) >= 11 is 5.89. The number of benzene rings is 2. The maximum absolute atomic E-state index is 12.1. The van der Waals surface area contributed by atoms with Crippen LogP contribution in [0.4, 0.5) is 0 Å². The van der Waals surface area contributed by atoms with E-state index in [2.05, 4.69) is 0 Å². The van der Waals surface area contributed by atoms with Gasteiger partial charge in [0.05, 0.1) is 0 Å². The topological polar surface area (TPSA) is 46.5 Å². The van der Waals surface area contributed by atoms with Crippen LogP contribution in [0.5, 0.6) is 0 Å². The van der Waals surface area contributed by atoms with Crippen molar-refractivity contribution in [1.29, 1.82) is 0 Å². The molecule has 1 N–H and O–H groups in total. The van der Waals surface area contributed by atoms with Gasteiger partial charge in [0.25, 0.3) is 0 Å². The Morgan fingerprint density at radius 2 is 1.59 bits per heavy atom. The molecule has 22 heavy (non-hydrogen) atoms. The highest BCUT2D eigenvalue weighted by atomic mass is 35.5. The zero-order chi connectivity index (χ0) is 15.7.